The first-order valence-corrected chi connectivity index (χ1v) is 6.85. The van der Waals surface area contributed by atoms with E-state index < -0.39 is 6.10 Å². The fraction of sp³-hybridized carbons (Fsp3) is 0.533. The second-order valence-corrected chi connectivity index (χ2v) is 5.74. The second kappa shape index (κ2) is 7.09. The van der Waals surface area contributed by atoms with Gasteiger partial charge in [-0.25, -0.2) is 4.39 Å². The van der Waals surface area contributed by atoms with Crippen LogP contribution in [0.15, 0.2) is 24.3 Å². The predicted molar refractivity (Wildman–Crippen MR) is 82.1 cm³/mol. The maximum atomic E-state index is 13.1. The van der Waals surface area contributed by atoms with E-state index in [1.807, 2.05) is 0 Å². The third-order valence-corrected chi connectivity index (χ3v) is 3.82. The number of hydrogen-bond acceptors (Lipinski definition) is 3. The SMILES string of the molecule is CC(Oc1cccc(F)c1)C(=O)N1CCC(C)(CN)C1.Cl. The first-order valence-electron chi connectivity index (χ1n) is 6.85. The van der Waals surface area contributed by atoms with E-state index in [9.17, 15) is 9.18 Å². The molecule has 1 saturated heterocycles. The molecule has 2 N–H and O–H groups in total. The summed E-state index contributed by atoms with van der Waals surface area (Å²) in [4.78, 5) is 14.1. The number of nitrogens with zero attached hydrogens (tertiary/aromatic N) is 1. The molecular formula is C15H22ClFN2O2. The number of carbonyl (C=O) groups excluding carboxylic acids is 1. The van der Waals surface area contributed by atoms with E-state index in [1.165, 1.54) is 12.1 Å². The summed E-state index contributed by atoms with van der Waals surface area (Å²) in [6.45, 7) is 5.68. The van der Waals surface area contributed by atoms with Gasteiger partial charge in [-0.15, -0.1) is 12.4 Å². The highest BCUT2D eigenvalue weighted by Crippen LogP contribution is 2.29. The summed E-state index contributed by atoms with van der Waals surface area (Å²) < 4.78 is 18.6. The van der Waals surface area contributed by atoms with Crippen molar-refractivity contribution < 1.29 is 13.9 Å². The molecule has 21 heavy (non-hydrogen) atoms. The Bertz CT molecular complexity index is 500. The van der Waals surface area contributed by atoms with Crippen LogP contribution in [0, 0.1) is 11.2 Å². The number of benzene rings is 1. The number of carbonyl (C=O) groups is 1. The molecular weight excluding hydrogens is 295 g/mol. The highest BCUT2D eigenvalue weighted by Gasteiger charge is 2.36. The Kier molecular flexibility index (Phi) is 5.98. The van der Waals surface area contributed by atoms with Crippen LogP contribution in [0.2, 0.25) is 0 Å². The third kappa shape index (κ3) is 4.32. The molecule has 1 heterocycles. The average Bonchev–Trinajstić information content (AvgIpc) is 2.81. The maximum absolute atomic E-state index is 13.1. The Morgan fingerprint density at radius 3 is 2.86 bits per heavy atom. The Morgan fingerprint density at radius 2 is 2.29 bits per heavy atom. The average molecular weight is 317 g/mol. The van der Waals surface area contributed by atoms with E-state index in [-0.39, 0.29) is 29.5 Å². The monoisotopic (exact) mass is 316 g/mol. The molecule has 118 valence electrons. The smallest absolute Gasteiger partial charge is 0.263 e. The zero-order valence-electron chi connectivity index (χ0n) is 12.3. The van der Waals surface area contributed by atoms with Gasteiger partial charge in [-0.1, -0.05) is 13.0 Å². The molecule has 2 unspecified atom stereocenters. The van der Waals surface area contributed by atoms with Crippen LogP contribution in [0.1, 0.15) is 20.3 Å². The molecule has 1 aliphatic heterocycles. The number of nitrogens with two attached hydrogens (primary N) is 1. The summed E-state index contributed by atoms with van der Waals surface area (Å²) in [5.41, 5.74) is 5.73. The summed E-state index contributed by atoms with van der Waals surface area (Å²) in [5, 5.41) is 0. The Labute approximate surface area is 130 Å². The number of halogens is 2. The van der Waals surface area contributed by atoms with Gasteiger partial charge in [-0.2, -0.15) is 0 Å². The first kappa shape index (κ1) is 17.7. The van der Waals surface area contributed by atoms with Crippen LogP contribution in [0.5, 0.6) is 5.75 Å². The molecule has 0 radical (unpaired) electrons. The molecule has 0 spiro atoms. The van der Waals surface area contributed by atoms with Crippen molar-refractivity contribution in [1.29, 1.82) is 0 Å². The normalized spacial score (nSPS) is 22.6. The molecule has 1 fully saturated rings. The topological polar surface area (TPSA) is 55.6 Å². The van der Waals surface area contributed by atoms with Crippen LogP contribution < -0.4 is 10.5 Å². The van der Waals surface area contributed by atoms with Gasteiger partial charge >= 0.3 is 0 Å². The molecule has 2 rings (SSSR count). The number of amides is 1. The maximum Gasteiger partial charge on any atom is 0.263 e. The summed E-state index contributed by atoms with van der Waals surface area (Å²) in [6, 6.07) is 5.81. The van der Waals surface area contributed by atoms with Gasteiger partial charge in [0.05, 0.1) is 0 Å². The summed E-state index contributed by atoms with van der Waals surface area (Å²) >= 11 is 0. The van der Waals surface area contributed by atoms with Gasteiger partial charge in [0.25, 0.3) is 5.91 Å². The van der Waals surface area contributed by atoms with Crippen LogP contribution in [0.4, 0.5) is 4.39 Å². The largest absolute Gasteiger partial charge is 0.481 e. The third-order valence-electron chi connectivity index (χ3n) is 3.82. The molecule has 1 aliphatic rings. The number of ether oxygens (including phenoxy) is 1. The lowest BCUT2D eigenvalue weighted by atomic mass is 9.90. The zero-order valence-corrected chi connectivity index (χ0v) is 13.2. The Hall–Kier alpha value is -1.33. The molecule has 1 aromatic rings. The van der Waals surface area contributed by atoms with E-state index >= 15 is 0 Å². The van der Waals surface area contributed by atoms with Crippen LogP contribution in [0.3, 0.4) is 0 Å². The van der Waals surface area contributed by atoms with Crippen molar-refractivity contribution in [3.8, 4) is 5.75 Å². The molecule has 0 saturated carbocycles. The highest BCUT2D eigenvalue weighted by atomic mass is 35.5. The molecule has 0 aliphatic carbocycles. The Balaban J connectivity index is 0.00000220. The first-order chi connectivity index (χ1) is 9.43. The lowest BCUT2D eigenvalue weighted by Gasteiger charge is -2.25. The fourth-order valence-electron chi connectivity index (χ4n) is 2.43. The van der Waals surface area contributed by atoms with Crippen LogP contribution in [-0.4, -0.2) is 36.5 Å². The van der Waals surface area contributed by atoms with Gasteiger partial charge < -0.3 is 15.4 Å². The lowest BCUT2D eigenvalue weighted by molar-refractivity contribution is -0.137. The minimum atomic E-state index is -0.628. The van der Waals surface area contributed by atoms with Crippen molar-refractivity contribution in [1.82, 2.24) is 4.90 Å². The zero-order chi connectivity index (χ0) is 14.8. The van der Waals surface area contributed by atoms with Crippen molar-refractivity contribution in [3.05, 3.63) is 30.1 Å². The lowest BCUT2D eigenvalue weighted by Crippen LogP contribution is -2.41. The van der Waals surface area contributed by atoms with Gasteiger partial charge in [0, 0.05) is 19.2 Å². The van der Waals surface area contributed by atoms with Crippen LogP contribution in [-0.2, 0) is 4.79 Å². The summed E-state index contributed by atoms with van der Waals surface area (Å²) in [7, 11) is 0. The van der Waals surface area contributed by atoms with Crippen molar-refractivity contribution in [2.45, 2.75) is 26.4 Å². The van der Waals surface area contributed by atoms with Gasteiger partial charge in [-0.3, -0.25) is 4.79 Å². The van der Waals surface area contributed by atoms with Crippen LogP contribution in [0.25, 0.3) is 0 Å². The number of likely N-dealkylation sites (tertiary alicyclic amines) is 1. The molecule has 6 heteroatoms. The predicted octanol–water partition coefficient (Wildman–Crippen LogP) is 2.21. The van der Waals surface area contributed by atoms with Crippen molar-refractivity contribution >= 4 is 18.3 Å². The van der Waals surface area contributed by atoms with E-state index in [1.54, 1.807) is 24.0 Å². The molecule has 0 bridgehead atoms. The van der Waals surface area contributed by atoms with Gasteiger partial charge in [0.2, 0.25) is 0 Å². The molecule has 0 aromatic heterocycles. The van der Waals surface area contributed by atoms with Crippen molar-refractivity contribution in [3.63, 3.8) is 0 Å². The number of hydrogen-bond donors (Lipinski definition) is 1. The van der Waals surface area contributed by atoms with E-state index in [0.717, 1.165) is 6.42 Å². The summed E-state index contributed by atoms with van der Waals surface area (Å²) in [5.74, 6) is -0.0860. The van der Waals surface area contributed by atoms with Crippen molar-refractivity contribution in [2.75, 3.05) is 19.6 Å². The van der Waals surface area contributed by atoms with E-state index in [4.69, 9.17) is 10.5 Å². The van der Waals surface area contributed by atoms with E-state index in [0.29, 0.717) is 25.4 Å². The molecule has 2 atom stereocenters. The second-order valence-electron chi connectivity index (χ2n) is 5.74. The van der Waals surface area contributed by atoms with Crippen LogP contribution >= 0.6 is 12.4 Å². The molecule has 1 amide bonds. The quantitative estimate of drug-likeness (QED) is 0.926. The van der Waals surface area contributed by atoms with Gasteiger partial charge in [0.1, 0.15) is 11.6 Å². The molecule has 1 aromatic carbocycles. The highest BCUT2D eigenvalue weighted by molar-refractivity contribution is 5.85. The minimum Gasteiger partial charge on any atom is -0.481 e. The number of rotatable bonds is 4. The fourth-order valence-corrected chi connectivity index (χ4v) is 2.43. The van der Waals surface area contributed by atoms with Crippen molar-refractivity contribution in [2.24, 2.45) is 11.1 Å². The van der Waals surface area contributed by atoms with Gasteiger partial charge in [0.15, 0.2) is 6.10 Å². The molecule has 4 nitrogen and oxygen atoms in total. The van der Waals surface area contributed by atoms with E-state index in [2.05, 4.69) is 6.92 Å². The van der Waals surface area contributed by atoms with Gasteiger partial charge in [-0.05, 0) is 37.4 Å². The summed E-state index contributed by atoms with van der Waals surface area (Å²) in [6.07, 6.45) is 0.277. The minimum absolute atomic E-state index is 0. The Morgan fingerprint density at radius 1 is 1.57 bits per heavy atom. The standard InChI is InChI=1S/C15H21FN2O2.ClH/c1-11(20-13-5-3-4-12(16)8-13)14(19)18-7-6-15(2,9-17)10-18;/h3-5,8,11H,6-7,9-10,17H2,1-2H3;1H.